The molecular weight excluding hydrogens is 484 g/mol. The molecular formula is C23H24F4N6O3. The van der Waals surface area contributed by atoms with Crippen molar-refractivity contribution in [2.75, 3.05) is 18.4 Å². The summed E-state index contributed by atoms with van der Waals surface area (Å²) < 4.78 is 62.2. The van der Waals surface area contributed by atoms with Crippen molar-refractivity contribution in [2.24, 2.45) is 0 Å². The zero-order chi connectivity index (χ0) is 26.4. The first-order chi connectivity index (χ1) is 16.8. The number of H-pyrrole nitrogens is 1. The minimum absolute atomic E-state index is 0.0116. The fourth-order valence-electron chi connectivity index (χ4n) is 4.31. The number of aromatic nitrogens is 4. The number of anilines is 1. The van der Waals surface area contributed by atoms with Crippen LogP contribution in [0.4, 0.5) is 23.5 Å². The van der Waals surface area contributed by atoms with Gasteiger partial charge in [0.15, 0.2) is 5.82 Å². The Bertz CT molecular complexity index is 1350. The van der Waals surface area contributed by atoms with Crippen LogP contribution in [0.15, 0.2) is 23.3 Å². The van der Waals surface area contributed by atoms with Gasteiger partial charge in [-0.2, -0.15) is 13.2 Å². The van der Waals surface area contributed by atoms with E-state index in [2.05, 4.69) is 25.3 Å². The normalized spacial score (nSPS) is 19.4. The third kappa shape index (κ3) is 5.01. The number of benzene rings is 1. The number of halogens is 4. The van der Waals surface area contributed by atoms with Crippen LogP contribution < -0.4 is 10.9 Å². The van der Waals surface area contributed by atoms with E-state index in [-0.39, 0.29) is 40.8 Å². The molecule has 3 aromatic rings. The summed E-state index contributed by atoms with van der Waals surface area (Å²) in [6.45, 7) is 7.22. The number of amides is 1. The molecule has 192 valence electrons. The van der Waals surface area contributed by atoms with Crippen LogP contribution >= 0.6 is 0 Å². The molecule has 3 unspecified atom stereocenters. The molecule has 4 rings (SSSR count). The third-order valence-corrected chi connectivity index (χ3v) is 5.79. The van der Waals surface area contributed by atoms with Crippen molar-refractivity contribution >= 4 is 22.8 Å². The van der Waals surface area contributed by atoms with Crippen molar-refractivity contribution in [2.45, 2.75) is 52.1 Å². The molecule has 3 heterocycles. The highest BCUT2D eigenvalue weighted by Gasteiger charge is 2.40. The minimum atomic E-state index is -5.05. The van der Waals surface area contributed by atoms with E-state index >= 15 is 4.39 Å². The lowest BCUT2D eigenvalue weighted by atomic mass is 9.97. The van der Waals surface area contributed by atoms with Crippen LogP contribution in [-0.4, -0.2) is 56.0 Å². The van der Waals surface area contributed by atoms with Crippen LogP contribution in [0.25, 0.3) is 10.9 Å². The van der Waals surface area contributed by atoms with Gasteiger partial charge in [-0.1, -0.05) is 0 Å². The number of carbonyl (C=O) groups excluding carboxylic acids is 1. The number of carbonyl (C=O) groups is 1. The molecule has 1 aliphatic heterocycles. The van der Waals surface area contributed by atoms with Crippen LogP contribution in [0, 0.1) is 12.7 Å². The second-order valence-electron chi connectivity index (χ2n) is 8.83. The second-order valence-corrected chi connectivity index (χ2v) is 8.83. The van der Waals surface area contributed by atoms with Gasteiger partial charge >= 0.3 is 6.18 Å². The van der Waals surface area contributed by atoms with E-state index in [1.807, 2.05) is 13.8 Å². The lowest BCUT2D eigenvalue weighted by molar-refractivity contribution is -0.140. The molecule has 0 aliphatic carbocycles. The molecule has 1 saturated heterocycles. The van der Waals surface area contributed by atoms with E-state index in [9.17, 15) is 22.8 Å². The number of alkyl halides is 3. The van der Waals surface area contributed by atoms with Crippen LogP contribution in [-0.2, 0) is 10.9 Å². The Morgan fingerprint density at radius 2 is 1.83 bits per heavy atom. The first-order valence-electron chi connectivity index (χ1n) is 11.2. The van der Waals surface area contributed by atoms with Gasteiger partial charge in [0.1, 0.15) is 11.3 Å². The number of rotatable bonds is 4. The molecule has 13 heteroatoms. The number of hydrogen-bond acceptors (Lipinski definition) is 7. The van der Waals surface area contributed by atoms with Crippen LogP contribution in [0.3, 0.4) is 0 Å². The lowest BCUT2D eigenvalue weighted by Gasteiger charge is -2.35. The van der Waals surface area contributed by atoms with Gasteiger partial charge in [-0.05, 0) is 39.3 Å². The van der Waals surface area contributed by atoms with Crippen molar-refractivity contribution in [3.8, 4) is 0 Å². The van der Waals surface area contributed by atoms with Gasteiger partial charge < -0.3 is 19.9 Å². The molecule has 0 radical (unpaired) electrons. The smallest absolute Gasteiger partial charge is 0.372 e. The number of hydrogen-bond donors (Lipinski definition) is 2. The summed E-state index contributed by atoms with van der Waals surface area (Å²) in [6, 6.07) is -0.188. The highest BCUT2D eigenvalue weighted by Crippen LogP contribution is 2.39. The first-order valence-corrected chi connectivity index (χ1v) is 11.2. The van der Waals surface area contributed by atoms with Gasteiger partial charge in [0, 0.05) is 25.5 Å². The van der Waals surface area contributed by atoms with Crippen molar-refractivity contribution < 1.29 is 27.1 Å². The molecule has 0 saturated carbocycles. The maximum atomic E-state index is 15.0. The highest BCUT2D eigenvalue weighted by molar-refractivity contribution is 5.93. The Morgan fingerprint density at radius 3 is 2.42 bits per heavy atom. The quantitative estimate of drug-likeness (QED) is 0.518. The molecule has 1 amide bonds. The van der Waals surface area contributed by atoms with Gasteiger partial charge in [0.25, 0.3) is 11.5 Å². The number of nitrogens with zero attached hydrogens (tertiary/aromatic N) is 4. The number of aromatic amines is 1. The number of aryl methyl sites for hydroxylation is 1. The van der Waals surface area contributed by atoms with Crippen molar-refractivity contribution in [3.05, 3.63) is 57.1 Å². The predicted molar refractivity (Wildman–Crippen MR) is 122 cm³/mol. The van der Waals surface area contributed by atoms with Gasteiger partial charge in [0.05, 0.1) is 34.8 Å². The molecule has 2 aromatic heterocycles. The molecule has 1 aromatic carbocycles. The Kier molecular flexibility index (Phi) is 6.69. The largest absolute Gasteiger partial charge is 0.419 e. The minimum Gasteiger partial charge on any atom is -0.372 e. The Balaban J connectivity index is 1.63. The van der Waals surface area contributed by atoms with E-state index < -0.39 is 40.2 Å². The molecule has 3 atom stereocenters. The monoisotopic (exact) mass is 508 g/mol. The van der Waals surface area contributed by atoms with Crippen LogP contribution in [0.2, 0.25) is 0 Å². The summed E-state index contributed by atoms with van der Waals surface area (Å²) in [4.78, 5) is 40.9. The number of ether oxygens (including phenoxy) is 1. The average Bonchev–Trinajstić information content (AvgIpc) is 2.78. The summed E-state index contributed by atoms with van der Waals surface area (Å²) in [6.07, 6.45) is -2.78. The zero-order valence-electron chi connectivity index (χ0n) is 19.9. The Morgan fingerprint density at radius 1 is 1.22 bits per heavy atom. The summed E-state index contributed by atoms with van der Waals surface area (Å²) in [5, 5.41) is 2.37. The van der Waals surface area contributed by atoms with Crippen molar-refractivity contribution in [1.82, 2.24) is 24.8 Å². The van der Waals surface area contributed by atoms with E-state index in [0.29, 0.717) is 13.1 Å². The average molecular weight is 508 g/mol. The van der Waals surface area contributed by atoms with Gasteiger partial charge in [-0.15, -0.1) is 0 Å². The number of nitrogens with one attached hydrogen (secondary N) is 2. The summed E-state index contributed by atoms with van der Waals surface area (Å²) >= 11 is 0. The van der Waals surface area contributed by atoms with Gasteiger partial charge in [-0.25, -0.2) is 19.3 Å². The summed E-state index contributed by atoms with van der Waals surface area (Å²) in [5.41, 5.74) is -3.26. The molecule has 1 aliphatic rings. The molecule has 0 bridgehead atoms. The predicted octanol–water partition coefficient (Wildman–Crippen LogP) is 3.60. The van der Waals surface area contributed by atoms with Crippen molar-refractivity contribution in [1.29, 1.82) is 0 Å². The standard InChI is InChI=1S/C23H24F4N6O3/c1-10-8-33(9-11(2)36-10)21(35)14-6-28-22(29-7-14)30-12(3)15-5-16-19(31-13(4)32-20(16)34)18(24)17(15)23(25,26)27/h5-7,10-12H,8-9H2,1-4H3,(H,28,29,30)(H,31,32,34). The first kappa shape index (κ1) is 25.5. The lowest BCUT2D eigenvalue weighted by Crippen LogP contribution is -2.48. The van der Waals surface area contributed by atoms with Gasteiger partial charge in [0.2, 0.25) is 5.95 Å². The summed E-state index contributed by atoms with van der Waals surface area (Å²) in [7, 11) is 0. The molecule has 2 N–H and O–H groups in total. The Labute approximate surface area is 202 Å². The SMILES string of the molecule is Cc1nc2c(F)c(C(F)(F)F)c(C(C)Nc3ncc(C(=O)N4CC(C)OC(C)C4)cn3)cc2c(=O)[nH]1. The van der Waals surface area contributed by atoms with Crippen LogP contribution in [0.5, 0.6) is 0 Å². The van der Waals surface area contributed by atoms with Gasteiger partial charge in [-0.3, -0.25) is 9.59 Å². The number of morpholine rings is 1. The fourth-order valence-corrected chi connectivity index (χ4v) is 4.31. The molecule has 9 nitrogen and oxygen atoms in total. The molecule has 0 spiro atoms. The fraction of sp³-hybridized carbons (Fsp3) is 0.435. The van der Waals surface area contributed by atoms with E-state index in [1.54, 1.807) is 4.90 Å². The van der Waals surface area contributed by atoms with E-state index in [0.717, 1.165) is 6.07 Å². The topological polar surface area (TPSA) is 113 Å². The van der Waals surface area contributed by atoms with Crippen molar-refractivity contribution in [3.63, 3.8) is 0 Å². The third-order valence-electron chi connectivity index (χ3n) is 5.79. The maximum absolute atomic E-state index is 15.0. The molecule has 1 fully saturated rings. The number of fused-ring (bicyclic) bond motifs is 1. The second kappa shape index (κ2) is 9.45. The van der Waals surface area contributed by atoms with E-state index in [1.165, 1.54) is 26.2 Å². The highest BCUT2D eigenvalue weighted by atomic mass is 19.4. The van der Waals surface area contributed by atoms with E-state index in [4.69, 9.17) is 4.74 Å². The van der Waals surface area contributed by atoms with Crippen LogP contribution in [0.1, 0.15) is 54.1 Å². The zero-order valence-corrected chi connectivity index (χ0v) is 19.9. The summed E-state index contributed by atoms with van der Waals surface area (Å²) in [5.74, 6) is -2.02. The molecule has 36 heavy (non-hydrogen) atoms. The maximum Gasteiger partial charge on any atom is 0.419 e. The Hall–Kier alpha value is -3.61.